The molecule has 0 spiro atoms. The van der Waals surface area contributed by atoms with Crippen molar-refractivity contribution >= 4 is 17.8 Å². The van der Waals surface area contributed by atoms with Crippen molar-refractivity contribution in [3.8, 4) is 0 Å². The lowest BCUT2D eigenvalue weighted by Gasteiger charge is -2.37. The molecule has 1 aliphatic heterocycles. The Bertz CT molecular complexity index is 526. The van der Waals surface area contributed by atoms with E-state index in [9.17, 15) is 19.5 Å². The van der Waals surface area contributed by atoms with Crippen LogP contribution in [0, 0.1) is 17.3 Å². The maximum atomic E-state index is 12.8. The maximum Gasteiger partial charge on any atom is 0.308 e. The Morgan fingerprint density at radius 1 is 0.962 bits per heavy atom. The Balaban J connectivity index is 2.00. The molecule has 2 fully saturated rings. The molecule has 0 aromatic carbocycles. The van der Waals surface area contributed by atoms with Gasteiger partial charge in [-0.05, 0) is 25.7 Å². The molecule has 2 amide bonds. The van der Waals surface area contributed by atoms with E-state index in [-0.39, 0.29) is 23.8 Å². The summed E-state index contributed by atoms with van der Waals surface area (Å²) in [6, 6.07) is -0.297. The summed E-state index contributed by atoms with van der Waals surface area (Å²) in [5.41, 5.74) is -0.452. The summed E-state index contributed by atoms with van der Waals surface area (Å²) in [5.74, 6) is -1.58. The minimum absolute atomic E-state index is 0.0735. The monoisotopic (exact) mass is 366 g/mol. The van der Waals surface area contributed by atoms with Crippen LogP contribution < -0.4 is 5.32 Å². The first-order chi connectivity index (χ1) is 12.2. The lowest BCUT2D eigenvalue weighted by Crippen LogP contribution is -2.51. The summed E-state index contributed by atoms with van der Waals surface area (Å²) in [4.78, 5) is 38.8. The van der Waals surface area contributed by atoms with Crippen molar-refractivity contribution in [2.75, 3.05) is 13.1 Å². The van der Waals surface area contributed by atoms with Crippen molar-refractivity contribution < 1.29 is 19.5 Å². The number of likely N-dealkylation sites (tertiary alicyclic amines) is 1. The number of hydrogen-bond donors (Lipinski definition) is 2. The highest BCUT2D eigenvalue weighted by molar-refractivity contribution is 5.84. The summed E-state index contributed by atoms with van der Waals surface area (Å²) in [7, 11) is 0. The zero-order valence-electron chi connectivity index (χ0n) is 16.4. The first-order valence-electron chi connectivity index (χ1n) is 10.0. The summed E-state index contributed by atoms with van der Waals surface area (Å²) in [6.45, 7) is 6.81. The predicted molar refractivity (Wildman–Crippen MR) is 99.5 cm³/mol. The van der Waals surface area contributed by atoms with E-state index in [1.165, 1.54) is 0 Å². The maximum absolute atomic E-state index is 12.8. The second-order valence-corrected chi connectivity index (χ2v) is 8.89. The van der Waals surface area contributed by atoms with Crippen LogP contribution in [0.25, 0.3) is 0 Å². The highest BCUT2D eigenvalue weighted by atomic mass is 16.4. The smallest absolute Gasteiger partial charge is 0.308 e. The van der Waals surface area contributed by atoms with Gasteiger partial charge in [0.1, 0.15) is 0 Å². The van der Waals surface area contributed by atoms with Gasteiger partial charge in [0.25, 0.3) is 0 Å². The van der Waals surface area contributed by atoms with Gasteiger partial charge in [-0.25, -0.2) is 0 Å². The lowest BCUT2D eigenvalue weighted by atomic mass is 9.86. The quantitative estimate of drug-likeness (QED) is 0.804. The number of nitrogens with one attached hydrogen (secondary N) is 1. The third-order valence-electron chi connectivity index (χ3n) is 5.63. The van der Waals surface area contributed by atoms with Gasteiger partial charge in [-0.3, -0.25) is 14.4 Å². The molecule has 1 heterocycles. The number of carboxylic acid groups (broad SMARTS) is 1. The van der Waals surface area contributed by atoms with Crippen molar-refractivity contribution in [3.63, 3.8) is 0 Å². The van der Waals surface area contributed by atoms with Gasteiger partial charge in [-0.2, -0.15) is 0 Å². The molecule has 3 atom stereocenters. The molecular formula is C20H34N2O4. The number of piperidine rings is 1. The summed E-state index contributed by atoms with van der Waals surface area (Å²) < 4.78 is 0. The Hall–Kier alpha value is -1.59. The molecule has 1 saturated carbocycles. The van der Waals surface area contributed by atoms with Gasteiger partial charge >= 0.3 is 5.97 Å². The molecule has 0 aromatic rings. The standard InChI is InChI=1S/C20H34N2O4/c1-20(2,3)19(26)22-12-8-9-14(13-22)17(23)21-16-11-7-5-4-6-10-15(16)18(24)25/h14-16H,4-13H2,1-3H3,(H,21,23)(H,24,25). The van der Waals surface area contributed by atoms with E-state index in [4.69, 9.17) is 0 Å². The fraction of sp³-hybridized carbons (Fsp3) is 0.850. The predicted octanol–water partition coefficient (Wildman–Crippen LogP) is 2.81. The number of carbonyl (C=O) groups excluding carboxylic acids is 2. The summed E-state index contributed by atoms with van der Waals surface area (Å²) in [6.07, 6.45) is 6.93. The minimum Gasteiger partial charge on any atom is -0.481 e. The molecule has 3 unspecified atom stereocenters. The van der Waals surface area contributed by atoms with E-state index < -0.39 is 17.3 Å². The van der Waals surface area contributed by atoms with E-state index in [1.807, 2.05) is 20.8 Å². The highest BCUT2D eigenvalue weighted by Crippen LogP contribution is 2.26. The number of carbonyl (C=O) groups is 3. The number of rotatable bonds is 3. The molecule has 0 bridgehead atoms. The molecule has 6 nitrogen and oxygen atoms in total. The number of amides is 2. The van der Waals surface area contributed by atoms with Gasteiger partial charge in [0, 0.05) is 24.5 Å². The number of hydrogen-bond acceptors (Lipinski definition) is 3. The minimum atomic E-state index is -0.814. The second kappa shape index (κ2) is 8.87. The molecule has 2 rings (SSSR count). The van der Waals surface area contributed by atoms with Crippen molar-refractivity contribution in [2.45, 2.75) is 78.2 Å². The molecule has 1 saturated heterocycles. The molecule has 1 aliphatic carbocycles. The van der Waals surface area contributed by atoms with Crippen LogP contribution in [0.4, 0.5) is 0 Å². The topological polar surface area (TPSA) is 86.7 Å². The zero-order chi connectivity index (χ0) is 19.3. The second-order valence-electron chi connectivity index (χ2n) is 8.89. The van der Waals surface area contributed by atoms with Crippen molar-refractivity contribution in [3.05, 3.63) is 0 Å². The van der Waals surface area contributed by atoms with Crippen LogP contribution >= 0.6 is 0 Å². The fourth-order valence-electron chi connectivity index (χ4n) is 4.10. The Morgan fingerprint density at radius 2 is 1.62 bits per heavy atom. The normalized spacial score (nSPS) is 28.0. The van der Waals surface area contributed by atoms with Crippen LogP contribution in [-0.2, 0) is 14.4 Å². The summed E-state index contributed by atoms with van der Waals surface area (Å²) in [5, 5.41) is 12.6. The van der Waals surface area contributed by atoms with Crippen LogP contribution in [-0.4, -0.2) is 46.9 Å². The Kier molecular flexibility index (Phi) is 7.07. The van der Waals surface area contributed by atoms with Crippen molar-refractivity contribution in [2.24, 2.45) is 17.3 Å². The van der Waals surface area contributed by atoms with E-state index in [2.05, 4.69) is 5.32 Å². The molecule has 0 radical (unpaired) electrons. The van der Waals surface area contributed by atoms with Crippen LogP contribution in [0.1, 0.15) is 72.1 Å². The van der Waals surface area contributed by atoms with Crippen LogP contribution in [0.2, 0.25) is 0 Å². The summed E-state index contributed by atoms with van der Waals surface area (Å²) >= 11 is 0. The lowest BCUT2D eigenvalue weighted by molar-refractivity contribution is -0.144. The SMILES string of the molecule is CC(C)(C)C(=O)N1CCCC(C(=O)NC2CCCCCCC2C(=O)O)C1. The molecule has 2 aliphatic rings. The number of carboxylic acids is 1. The van der Waals surface area contributed by atoms with Gasteiger partial charge < -0.3 is 15.3 Å². The highest BCUT2D eigenvalue weighted by Gasteiger charge is 2.36. The van der Waals surface area contributed by atoms with Crippen LogP contribution in [0.3, 0.4) is 0 Å². The third-order valence-corrected chi connectivity index (χ3v) is 5.63. The van der Waals surface area contributed by atoms with Gasteiger partial charge in [-0.15, -0.1) is 0 Å². The van der Waals surface area contributed by atoms with Gasteiger partial charge in [0.2, 0.25) is 11.8 Å². The molecule has 6 heteroatoms. The largest absolute Gasteiger partial charge is 0.481 e. The van der Waals surface area contributed by atoms with Crippen molar-refractivity contribution in [1.29, 1.82) is 0 Å². The molecule has 26 heavy (non-hydrogen) atoms. The van der Waals surface area contributed by atoms with E-state index in [0.29, 0.717) is 19.5 Å². The third kappa shape index (κ3) is 5.45. The molecular weight excluding hydrogens is 332 g/mol. The molecule has 2 N–H and O–H groups in total. The van der Waals surface area contributed by atoms with Crippen LogP contribution in [0.15, 0.2) is 0 Å². The molecule has 0 aromatic heterocycles. The average molecular weight is 367 g/mol. The molecule has 148 valence electrons. The van der Waals surface area contributed by atoms with E-state index >= 15 is 0 Å². The van der Waals surface area contributed by atoms with Gasteiger partial charge in [0.05, 0.1) is 11.8 Å². The van der Waals surface area contributed by atoms with Gasteiger partial charge in [0.15, 0.2) is 0 Å². The first kappa shape index (κ1) is 20.7. The Labute approximate surface area is 156 Å². The fourth-order valence-corrected chi connectivity index (χ4v) is 4.10. The Morgan fingerprint density at radius 3 is 2.23 bits per heavy atom. The van der Waals surface area contributed by atoms with Crippen molar-refractivity contribution in [1.82, 2.24) is 10.2 Å². The first-order valence-corrected chi connectivity index (χ1v) is 10.0. The van der Waals surface area contributed by atoms with E-state index in [1.54, 1.807) is 4.90 Å². The number of aliphatic carboxylic acids is 1. The van der Waals surface area contributed by atoms with Crippen LogP contribution in [0.5, 0.6) is 0 Å². The number of nitrogens with zero attached hydrogens (tertiary/aromatic N) is 1. The zero-order valence-corrected chi connectivity index (χ0v) is 16.4. The van der Waals surface area contributed by atoms with Gasteiger partial charge in [-0.1, -0.05) is 46.5 Å². The van der Waals surface area contributed by atoms with E-state index in [0.717, 1.165) is 44.9 Å². The average Bonchev–Trinajstić information content (AvgIpc) is 2.55.